The van der Waals surface area contributed by atoms with Gasteiger partial charge in [-0.3, -0.25) is 9.59 Å². The maximum absolute atomic E-state index is 14.1. The van der Waals surface area contributed by atoms with E-state index in [0.717, 1.165) is 21.3 Å². The van der Waals surface area contributed by atoms with Gasteiger partial charge < -0.3 is 15.0 Å². The highest BCUT2D eigenvalue weighted by Crippen LogP contribution is 2.44. The smallest absolute Gasteiger partial charge is 0.255 e. The highest BCUT2D eigenvalue weighted by molar-refractivity contribution is 7.22. The third-order valence-corrected chi connectivity index (χ3v) is 7.92. The number of rotatable bonds is 6. The number of para-hydroxylation sites is 1. The predicted molar refractivity (Wildman–Crippen MR) is 149 cm³/mol. The van der Waals surface area contributed by atoms with Crippen LogP contribution in [0, 0.1) is 5.82 Å². The molecule has 0 saturated heterocycles. The molecule has 0 spiro atoms. The molecule has 1 aliphatic rings. The van der Waals surface area contributed by atoms with Crippen molar-refractivity contribution in [1.29, 1.82) is 0 Å². The molecule has 1 N–H and O–H groups in total. The number of methoxy groups -OCH3 is 1. The number of amides is 2. The molecule has 1 aliphatic heterocycles. The number of halogens is 1. The Bertz CT molecular complexity index is 1630. The lowest BCUT2D eigenvalue weighted by molar-refractivity contribution is -0.119. The first kappa shape index (κ1) is 24.8. The van der Waals surface area contributed by atoms with Gasteiger partial charge in [0, 0.05) is 12.1 Å². The summed E-state index contributed by atoms with van der Waals surface area (Å²) in [7, 11) is 1.59. The average molecular weight is 538 g/mol. The lowest BCUT2D eigenvalue weighted by Crippen LogP contribution is -2.45. The molecule has 6 rings (SSSR count). The van der Waals surface area contributed by atoms with Crippen LogP contribution in [-0.2, 0) is 11.3 Å². The molecule has 0 aliphatic carbocycles. The number of benzene rings is 4. The molecule has 6 nitrogen and oxygen atoms in total. The Morgan fingerprint density at radius 1 is 0.974 bits per heavy atom. The molecular weight excluding hydrogens is 513 g/mol. The van der Waals surface area contributed by atoms with Crippen LogP contribution in [0.4, 0.5) is 9.52 Å². The molecular formula is C31H24FN3O3S. The quantitative estimate of drug-likeness (QED) is 0.266. The van der Waals surface area contributed by atoms with Gasteiger partial charge in [-0.2, -0.15) is 0 Å². The van der Waals surface area contributed by atoms with Gasteiger partial charge in [0.1, 0.15) is 11.6 Å². The van der Waals surface area contributed by atoms with Gasteiger partial charge in [0.2, 0.25) is 5.91 Å². The summed E-state index contributed by atoms with van der Waals surface area (Å²) in [5, 5.41) is 3.52. The number of nitrogens with one attached hydrogen (secondary N) is 1. The fraction of sp³-hybridized carbons (Fsp3) is 0.129. The van der Waals surface area contributed by atoms with Crippen LogP contribution >= 0.6 is 11.3 Å². The van der Waals surface area contributed by atoms with Crippen molar-refractivity contribution in [3.8, 4) is 5.75 Å². The Morgan fingerprint density at radius 3 is 2.44 bits per heavy atom. The maximum Gasteiger partial charge on any atom is 0.255 e. The summed E-state index contributed by atoms with van der Waals surface area (Å²) in [5.41, 5.74) is 3.46. The fourth-order valence-corrected chi connectivity index (χ4v) is 5.99. The van der Waals surface area contributed by atoms with Crippen LogP contribution in [0.5, 0.6) is 5.75 Å². The highest BCUT2D eigenvalue weighted by Gasteiger charge is 2.44. The summed E-state index contributed by atoms with van der Waals surface area (Å²) in [6, 6.07) is 27.7. The number of aromatic nitrogens is 1. The number of ether oxygens (including phenoxy) is 1. The summed E-state index contributed by atoms with van der Waals surface area (Å²) < 4.78 is 20.0. The van der Waals surface area contributed by atoms with E-state index in [0.29, 0.717) is 22.0 Å². The zero-order chi connectivity index (χ0) is 26.9. The van der Waals surface area contributed by atoms with Gasteiger partial charge >= 0.3 is 0 Å². The Kier molecular flexibility index (Phi) is 6.54. The molecule has 8 heteroatoms. The summed E-state index contributed by atoms with van der Waals surface area (Å²) >= 11 is 1.40. The number of fused-ring (bicyclic) bond motifs is 2. The van der Waals surface area contributed by atoms with Crippen LogP contribution in [0.15, 0.2) is 97.1 Å². The van der Waals surface area contributed by atoms with Crippen LogP contribution in [-0.4, -0.2) is 28.8 Å². The second-order valence-electron chi connectivity index (χ2n) is 9.32. The molecule has 39 heavy (non-hydrogen) atoms. The second-order valence-corrected chi connectivity index (χ2v) is 10.3. The van der Waals surface area contributed by atoms with Crippen LogP contribution in [0.1, 0.15) is 39.0 Å². The Balaban J connectivity index is 1.46. The van der Waals surface area contributed by atoms with E-state index in [9.17, 15) is 14.0 Å². The number of hydrogen-bond donors (Lipinski definition) is 1. The SMILES string of the molecule is COc1ccc([C@H]2[C@H](C(=O)Nc3nc4ccccc4s3)c3ccccc3C(=O)N2Cc2ccc(F)cc2)cc1. The summed E-state index contributed by atoms with van der Waals surface area (Å²) in [4.78, 5) is 34.3. The summed E-state index contributed by atoms with van der Waals surface area (Å²) in [6.07, 6.45) is 0. The standard InChI is InChI=1S/C31H24FN3O3S/c1-38-22-16-12-20(13-17-22)28-27(29(36)34-31-33-25-8-4-5-9-26(25)39-31)23-6-2-3-7-24(23)30(37)35(28)18-19-10-14-21(32)15-11-19/h2-17,27-28H,18H2,1H3,(H,33,34,36)/t27-,28+/m1/s1. The van der Waals surface area contributed by atoms with E-state index in [1.165, 1.54) is 23.5 Å². The van der Waals surface area contributed by atoms with Crippen molar-refractivity contribution < 1.29 is 18.7 Å². The molecule has 194 valence electrons. The van der Waals surface area contributed by atoms with Crippen molar-refractivity contribution in [2.75, 3.05) is 12.4 Å². The van der Waals surface area contributed by atoms with E-state index >= 15 is 0 Å². The number of carbonyl (C=O) groups is 2. The lowest BCUT2D eigenvalue weighted by atomic mass is 9.79. The highest BCUT2D eigenvalue weighted by atomic mass is 32.1. The first-order valence-electron chi connectivity index (χ1n) is 12.5. The largest absolute Gasteiger partial charge is 0.497 e. The molecule has 5 aromatic rings. The monoisotopic (exact) mass is 537 g/mol. The van der Waals surface area contributed by atoms with Gasteiger partial charge in [0.15, 0.2) is 5.13 Å². The van der Waals surface area contributed by atoms with E-state index < -0.39 is 12.0 Å². The predicted octanol–water partition coefficient (Wildman–Crippen LogP) is 6.56. The van der Waals surface area contributed by atoms with Gasteiger partial charge in [-0.1, -0.05) is 65.9 Å². The van der Waals surface area contributed by atoms with E-state index in [2.05, 4.69) is 10.3 Å². The molecule has 4 aromatic carbocycles. The first-order valence-corrected chi connectivity index (χ1v) is 13.3. The van der Waals surface area contributed by atoms with Gasteiger partial charge in [0.05, 0.1) is 29.3 Å². The Labute approximate surface area is 228 Å². The maximum atomic E-state index is 14.1. The van der Waals surface area contributed by atoms with Gasteiger partial charge in [-0.15, -0.1) is 0 Å². The average Bonchev–Trinajstić information content (AvgIpc) is 3.37. The van der Waals surface area contributed by atoms with Crippen molar-refractivity contribution >= 4 is 38.5 Å². The van der Waals surface area contributed by atoms with Gasteiger partial charge in [-0.25, -0.2) is 9.37 Å². The molecule has 2 heterocycles. The van der Waals surface area contributed by atoms with Crippen LogP contribution in [0.3, 0.4) is 0 Å². The van der Waals surface area contributed by atoms with E-state index in [1.54, 1.807) is 36.3 Å². The first-order chi connectivity index (χ1) is 19.0. The zero-order valence-corrected chi connectivity index (χ0v) is 21.8. The second kappa shape index (κ2) is 10.3. The minimum atomic E-state index is -0.722. The number of nitrogens with zero attached hydrogens (tertiary/aromatic N) is 2. The summed E-state index contributed by atoms with van der Waals surface area (Å²) in [5.74, 6) is -0.867. The minimum Gasteiger partial charge on any atom is -0.497 e. The lowest BCUT2D eigenvalue weighted by Gasteiger charge is -2.42. The van der Waals surface area contributed by atoms with E-state index in [4.69, 9.17) is 4.74 Å². The molecule has 1 aromatic heterocycles. The third-order valence-electron chi connectivity index (χ3n) is 6.97. The zero-order valence-electron chi connectivity index (χ0n) is 21.0. The molecule has 2 atom stereocenters. The van der Waals surface area contributed by atoms with Crippen molar-refractivity contribution in [3.05, 3.63) is 125 Å². The molecule has 0 fully saturated rings. The van der Waals surface area contributed by atoms with Crippen LogP contribution < -0.4 is 10.1 Å². The Hall–Kier alpha value is -4.56. The molecule has 0 unspecified atom stereocenters. The van der Waals surface area contributed by atoms with Crippen molar-refractivity contribution in [3.63, 3.8) is 0 Å². The van der Waals surface area contributed by atoms with E-state index in [1.807, 2.05) is 60.7 Å². The van der Waals surface area contributed by atoms with Crippen molar-refractivity contribution in [2.45, 2.75) is 18.5 Å². The molecule has 2 amide bonds. The minimum absolute atomic E-state index is 0.195. The molecule has 0 bridgehead atoms. The fourth-order valence-electron chi connectivity index (χ4n) is 5.12. The molecule has 0 saturated carbocycles. The number of thiazole rings is 1. The topological polar surface area (TPSA) is 71.5 Å². The number of hydrogen-bond acceptors (Lipinski definition) is 5. The van der Waals surface area contributed by atoms with Crippen molar-refractivity contribution in [2.24, 2.45) is 0 Å². The summed E-state index contributed by atoms with van der Waals surface area (Å²) in [6.45, 7) is 0.203. The number of anilines is 1. The van der Waals surface area contributed by atoms with Gasteiger partial charge in [0.25, 0.3) is 5.91 Å². The number of carbonyl (C=O) groups excluding carboxylic acids is 2. The normalized spacial score (nSPS) is 16.7. The van der Waals surface area contributed by atoms with Gasteiger partial charge in [-0.05, 0) is 59.2 Å². The third kappa shape index (κ3) is 4.75. The van der Waals surface area contributed by atoms with Crippen LogP contribution in [0.2, 0.25) is 0 Å². The molecule has 0 radical (unpaired) electrons. The van der Waals surface area contributed by atoms with E-state index in [-0.39, 0.29) is 24.2 Å². The van der Waals surface area contributed by atoms with Crippen molar-refractivity contribution in [1.82, 2.24) is 9.88 Å². The van der Waals surface area contributed by atoms with Crippen LogP contribution in [0.25, 0.3) is 10.2 Å². The Morgan fingerprint density at radius 2 is 1.69 bits per heavy atom.